The molecule has 0 fully saturated rings. The van der Waals surface area contributed by atoms with E-state index in [0.29, 0.717) is 11.4 Å². The summed E-state index contributed by atoms with van der Waals surface area (Å²) in [6.45, 7) is 2.12. The van der Waals surface area contributed by atoms with Crippen LogP contribution in [0, 0.1) is 0 Å². The van der Waals surface area contributed by atoms with Gasteiger partial charge in [-0.05, 0) is 35.8 Å². The molecule has 0 aromatic heterocycles. The predicted molar refractivity (Wildman–Crippen MR) is 86.5 cm³/mol. The molecule has 2 aromatic carbocycles. The monoisotopic (exact) mass is 281 g/mol. The largest absolute Gasteiger partial charge is 0.495 e. The Morgan fingerprint density at radius 2 is 1.86 bits per heavy atom. The number of amides is 1. The Bertz CT molecular complexity index is 630. The van der Waals surface area contributed by atoms with Crippen LogP contribution in [0.15, 0.2) is 54.6 Å². The summed E-state index contributed by atoms with van der Waals surface area (Å²) in [4.78, 5) is 11.9. The first-order valence-corrected chi connectivity index (χ1v) is 6.94. The van der Waals surface area contributed by atoms with Gasteiger partial charge in [0.2, 0.25) is 5.91 Å². The second-order valence-corrected chi connectivity index (χ2v) is 4.62. The van der Waals surface area contributed by atoms with E-state index in [4.69, 9.17) is 4.74 Å². The maximum absolute atomic E-state index is 11.9. The van der Waals surface area contributed by atoms with Crippen LogP contribution < -0.4 is 10.1 Å². The zero-order valence-corrected chi connectivity index (χ0v) is 12.3. The van der Waals surface area contributed by atoms with E-state index in [1.165, 1.54) is 11.6 Å². The van der Waals surface area contributed by atoms with E-state index in [-0.39, 0.29) is 5.91 Å². The molecule has 0 aliphatic rings. The Balaban J connectivity index is 2.02. The maximum Gasteiger partial charge on any atom is 0.248 e. The number of carbonyl (C=O) groups is 1. The summed E-state index contributed by atoms with van der Waals surface area (Å²) in [5.41, 5.74) is 2.95. The number of carbonyl (C=O) groups excluding carboxylic acids is 1. The summed E-state index contributed by atoms with van der Waals surface area (Å²) >= 11 is 0. The topological polar surface area (TPSA) is 38.3 Å². The molecular weight excluding hydrogens is 262 g/mol. The number of ether oxygens (including phenoxy) is 1. The van der Waals surface area contributed by atoms with Crippen molar-refractivity contribution >= 4 is 17.7 Å². The lowest BCUT2D eigenvalue weighted by Crippen LogP contribution is -2.08. The van der Waals surface area contributed by atoms with Gasteiger partial charge in [-0.2, -0.15) is 0 Å². The lowest BCUT2D eigenvalue weighted by Gasteiger charge is -2.07. The molecular formula is C18H19NO2. The van der Waals surface area contributed by atoms with Crippen molar-refractivity contribution in [3.05, 3.63) is 65.7 Å². The summed E-state index contributed by atoms with van der Waals surface area (Å²) in [5.74, 6) is 0.464. The van der Waals surface area contributed by atoms with E-state index in [9.17, 15) is 4.79 Å². The Morgan fingerprint density at radius 3 is 2.52 bits per heavy atom. The quantitative estimate of drug-likeness (QED) is 0.844. The van der Waals surface area contributed by atoms with Gasteiger partial charge in [-0.1, -0.05) is 43.3 Å². The highest BCUT2D eigenvalue weighted by Gasteiger charge is 2.03. The Hall–Kier alpha value is -2.55. The normalized spacial score (nSPS) is 10.6. The molecule has 0 atom stereocenters. The molecule has 108 valence electrons. The lowest BCUT2D eigenvalue weighted by molar-refractivity contribution is -0.111. The number of nitrogens with one attached hydrogen (secondary N) is 1. The molecule has 1 N–H and O–H groups in total. The molecule has 0 saturated heterocycles. The van der Waals surface area contributed by atoms with Gasteiger partial charge in [0.1, 0.15) is 5.75 Å². The van der Waals surface area contributed by atoms with Crippen molar-refractivity contribution in [2.75, 3.05) is 12.4 Å². The van der Waals surface area contributed by atoms with Gasteiger partial charge in [-0.3, -0.25) is 4.79 Å². The van der Waals surface area contributed by atoms with Crippen molar-refractivity contribution in [2.45, 2.75) is 13.3 Å². The Labute approximate surface area is 125 Å². The third-order valence-corrected chi connectivity index (χ3v) is 3.18. The van der Waals surface area contributed by atoms with Crippen LogP contribution in [0.25, 0.3) is 6.08 Å². The molecule has 21 heavy (non-hydrogen) atoms. The van der Waals surface area contributed by atoms with Crippen molar-refractivity contribution in [1.29, 1.82) is 0 Å². The summed E-state index contributed by atoms with van der Waals surface area (Å²) in [5, 5.41) is 2.80. The highest BCUT2D eigenvalue weighted by atomic mass is 16.5. The zero-order chi connectivity index (χ0) is 15.1. The minimum atomic E-state index is -0.181. The van der Waals surface area contributed by atoms with E-state index in [1.807, 2.05) is 30.3 Å². The first kappa shape index (κ1) is 14.9. The molecule has 0 spiro atoms. The van der Waals surface area contributed by atoms with Crippen molar-refractivity contribution in [1.82, 2.24) is 0 Å². The predicted octanol–water partition coefficient (Wildman–Crippen LogP) is 3.91. The molecule has 3 heteroatoms. The molecule has 2 aromatic rings. The third kappa shape index (κ3) is 4.21. The smallest absolute Gasteiger partial charge is 0.248 e. The van der Waals surface area contributed by atoms with Gasteiger partial charge < -0.3 is 10.1 Å². The Morgan fingerprint density at radius 1 is 1.14 bits per heavy atom. The summed E-state index contributed by atoms with van der Waals surface area (Å²) in [6.07, 6.45) is 4.33. The molecule has 0 bridgehead atoms. The fourth-order valence-electron chi connectivity index (χ4n) is 1.96. The molecule has 0 aliphatic carbocycles. The van der Waals surface area contributed by atoms with Crippen molar-refractivity contribution in [2.24, 2.45) is 0 Å². The number of hydrogen-bond donors (Lipinski definition) is 1. The van der Waals surface area contributed by atoms with E-state index in [0.717, 1.165) is 12.0 Å². The second-order valence-electron chi connectivity index (χ2n) is 4.62. The average Bonchev–Trinajstić information content (AvgIpc) is 2.54. The van der Waals surface area contributed by atoms with Gasteiger partial charge in [-0.15, -0.1) is 0 Å². The highest BCUT2D eigenvalue weighted by Crippen LogP contribution is 2.22. The van der Waals surface area contributed by atoms with Crippen LogP contribution in [0.5, 0.6) is 5.75 Å². The first-order valence-electron chi connectivity index (χ1n) is 6.94. The van der Waals surface area contributed by atoms with Gasteiger partial charge >= 0.3 is 0 Å². The van der Waals surface area contributed by atoms with E-state index < -0.39 is 0 Å². The van der Waals surface area contributed by atoms with Crippen LogP contribution in [0.4, 0.5) is 5.69 Å². The zero-order valence-electron chi connectivity index (χ0n) is 12.3. The van der Waals surface area contributed by atoms with Crippen LogP contribution in [0.2, 0.25) is 0 Å². The molecule has 0 unspecified atom stereocenters. The maximum atomic E-state index is 11.9. The second kappa shape index (κ2) is 7.29. The number of para-hydroxylation sites is 2. The SMILES string of the molecule is CCc1ccc(/C=C/C(=O)Nc2ccccc2OC)cc1. The molecule has 2 rings (SSSR count). The average molecular weight is 281 g/mol. The van der Waals surface area contributed by atoms with Crippen molar-refractivity contribution < 1.29 is 9.53 Å². The number of hydrogen-bond acceptors (Lipinski definition) is 2. The van der Waals surface area contributed by atoms with Crippen LogP contribution >= 0.6 is 0 Å². The number of methoxy groups -OCH3 is 1. The first-order chi connectivity index (χ1) is 10.2. The number of anilines is 1. The molecule has 0 saturated carbocycles. The van der Waals surface area contributed by atoms with Gasteiger partial charge in [0.25, 0.3) is 0 Å². The fraction of sp³-hybridized carbons (Fsp3) is 0.167. The van der Waals surface area contributed by atoms with Gasteiger partial charge in [0, 0.05) is 6.08 Å². The minimum Gasteiger partial charge on any atom is -0.495 e. The van der Waals surface area contributed by atoms with Gasteiger partial charge in [-0.25, -0.2) is 0 Å². The Kier molecular flexibility index (Phi) is 5.16. The molecule has 0 radical (unpaired) electrons. The van der Waals surface area contributed by atoms with Gasteiger partial charge in [0.05, 0.1) is 12.8 Å². The van der Waals surface area contributed by atoms with Crippen LogP contribution in [0.1, 0.15) is 18.1 Å². The van der Waals surface area contributed by atoms with E-state index >= 15 is 0 Å². The number of aryl methyl sites for hydroxylation is 1. The molecule has 3 nitrogen and oxygen atoms in total. The van der Waals surface area contributed by atoms with Crippen LogP contribution in [-0.2, 0) is 11.2 Å². The number of benzene rings is 2. The minimum absolute atomic E-state index is 0.181. The fourth-order valence-corrected chi connectivity index (χ4v) is 1.96. The van der Waals surface area contributed by atoms with Crippen molar-refractivity contribution in [3.63, 3.8) is 0 Å². The summed E-state index contributed by atoms with van der Waals surface area (Å²) in [7, 11) is 1.58. The van der Waals surface area contributed by atoms with E-state index in [2.05, 4.69) is 24.4 Å². The van der Waals surface area contributed by atoms with Crippen LogP contribution in [-0.4, -0.2) is 13.0 Å². The molecule has 0 aliphatic heterocycles. The van der Waals surface area contributed by atoms with Crippen LogP contribution in [0.3, 0.4) is 0 Å². The third-order valence-electron chi connectivity index (χ3n) is 3.18. The molecule has 0 heterocycles. The molecule has 1 amide bonds. The summed E-state index contributed by atoms with van der Waals surface area (Å²) in [6, 6.07) is 15.5. The highest BCUT2D eigenvalue weighted by molar-refractivity contribution is 6.02. The van der Waals surface area contributed by atoms with Crippen molar-refractivity contribution in [3.8, 4) is 5.75 Å². The standard InChI is InChI=1S/C18H19NO2/c1-3-14-8-10-15(11-9-14)12-13-18(20)19-16-6-4-5-7-17(16)21-2/h4-13H,3H2,1-2H3,(H,19,20)/b13-12+. The lowest BCUT2D eigenvalue weighted by atomic mass is 10.1. The summed E-state index contributed by atoms with van der Waals surface area (Å²) < 4.78 is 5.20. The van der Waals surface area contributed by atoms with E-state index in [1.54, 1.807) is 19.3 Å². The van der Waals surface area contributed by atoms with Gasteiger partial charge in [0.15, 0.2) is 0 Å². The number of rotatable bonds is 5.